The molecule has 0 saturated carbocycles. The number of pyridine rings is 1. The minimum absolute atomic E-state index is 0.230. The van der Waals surface area contributed by atoms with Crippen molar-refractivity contribution in [1.82, 2.24) is 4.98 Å². The van der Waals surface area contributed by atoms with Gasteiger partial charge < -0.3 is 14.8 Å². The molecule has 1 heterocycles. The molecule has 0 amide bonds. The SMILES string of the molecule is COC(=O)c1ccc(F)c(NCc2ccc(OC)nc2)c1. The fourth-order valence-corrected chi connectivity index (χ4v) is 1.74. The lowest BCUT2D eigenvalue weighted by molar-refractivity contribution is 0.0600. The van der Waals surface area contributed by atoms with Gasteiger partial charge in [-0.15, -0.1) is 0 Å². The second-order valence-corrected chi connectivity index (χ2v) is 4.25. The number of ether oxygens (including phenoxy) is 2. The summed E-state index contributed by atoms with van der Waals surface area (Å²) in [6, 6.07) is 7.55. The van der Waals surface area contributed by atoms with E-state index in [0.717, 1.165) is 5.56 Å². The number of aromatic nitrogens is 1. The minimum Gasteiger partial charge on any atom is -0.481 e. The molecule has 1 N–H and O–H groups in total. The largest absolute Gasteiger partial charge is 0.481 e. The third-order valence-corrected chi connectivity index (χ3v) is 2.88. The Morgan fingerprint density at radius 1 is 1.29 bits per heavy atom. The number of carbonyl (C=O) groups is 1. The van der Waals surface area contributed by atoms with E-state index in [-0.39, 0.29) is 11.3 Å². The van der Waals surface area contributed by atoms with Crippen molar-refractivity contribution in [2.45, 2.75) is 6.54 Å². The van der Waals surface area contributed by atoms with Crippen LogP contribution < -0.4 is 10.1 Å². The van der Waals surface area contributed by atoms with Crippen molar-refractivity contribution in [2.75, 3.05) is 19.5 Å². The van der Waals surface area contributed by atoms with Gasteiger partial charge in [0.2, 0.25) is 5.88 Å². The number of methoxy groups -OCH3 is 2. The van der Waals surface area contributed by atoms with Crippen molar-refractivity contribution in [3.05, 3.63) is 53.5 Å². The van der Waals surface area contributed by atoms with Crippen LogP contribution in [0, 0.1) is 5.82 Å². The topological polar surface area (TPSA) is 60.5 Å². The number of halogens is 1. The predicted octanol–water partition coefficient (Wildman–Crippen LogP) is 2.63. The van der Waals surface area contributed by atoms with Gasteiger partial charge in [0.1, 0.15) is 5.82 Å². The minimum atomic E-state index is -0.510. The summed E-state index contributed by atoms with van der Waals surface area (Å²) in [5.74, 6) is -0.439. The molecule has 5 nitrogen and oxygen atoms in total. The van der Waals surface area contributed by atoms with Gasteiger partial charge in [0.25, 0.3) is 0 Å². The van der Waals surface area contributed by atoms with E-state index < -0.39 is 11.8 Å². The molecule has 0 atom stereocenters. The van der Waals surface area contributed by atoms with E-state index in [9.17, 15) is 9.18 Å². The van der Waals surface area contributed by atoms with Gasteiger partial charge >= 0.3 is 5.97 Å². The van der Waals surface area contributed by atoms with Crippen LogP contribution in [-0.2, 0) is 11.3 Å². The maximum Gasteiger partial charge on any atom is 0.337 e. The van der Waals surface area contributed by atoms with Gasteiger partial charge in [0.05, 0.1) is 25.5 Å². The average Bonchev–Trinajstić information content (AvgIpc) is 2.53. The second-order valence-electron chi connectivity index (χ2n) is 4.25. The fraction of sp³-hybridized carbons (Fsp3) is 0.200. The summed E-state index contributed by atoms with van der Waals surface area (Å²) in [6.07, 6.45) is 1.63. The first kappa shape index (κ1) is 14.8. The Labute approximate surface area is 121 Å². The lowest BCUT2D eigenvalue weighted by atomic mass is 10.2. The molecule has 2 aromatic rings. The standard InChI is InChI=1S/C15H15FN2O3/c1-20-14-6-3-10(9-18-14)8-17-13-7-11(15(19)21-2)4-5-12(13)16/h3-7,9,17H,8H2,1-2H3. The summed E-state index contributed by atoms with van der Waals surface area (Å²) in [7, 11) is 2.82. The van der Waals surface area contributed by atoms with Gasteiger partial charge in [-0.1, -0.05) is 6.07 Å². The number of carbonyl (C=O) groups excluding carboxylic acids is 1. The van der Waals surface area contributed by atoms with E-state index in [0.29, 0.717) is 12.4 Å². The van der Waals surface area contributed by atoms with Crippen molar-refractivity contribution in [3.8, 4) is 5.88 Å². The van der Waals surface area contributed by atoms with Crippen LogP contribution in [0.25, 0.3) is 0 Å². The summed E-state index contributed by atoms with van der Waals surface area (Å²) < 4.78 is 23.3. The summed E-state index contributed by atoms with van der Waals surface area (Å²) in [4.78, 5) is 15.5. The number of esters is 1. The normalized spacial score (nSPS) is 10.0. The van der Waals surface area contributed by atoms with E-state index in [1.807, 2.05) is 6.07 Å². The molecule has 0 saturated heterocycles. The van der Waals surface area contributed by atoms with Gasteiger partial charge in [-0.2, -0.15) is 0 Å². The molecule has 2 rings (SSSR count). The summed E-state index contributed by atoms with van der Waals surface area (Å²) in [5, 5.41) is 2.92. The smallest absolute Gasteiger partial charge is 0.337 e. The zero-order valence-corrected chi connectivity index (χ0v) is 11.7. The monoisotopic (exact) mass is 290 g/mol. The van der Waals surface area contributed by atoms with Gasteiger partial charge in [-0.25, -0.2) is 14.2 Å². The van der Waals surface area contributed by atoms with Gasteiger partial charge in [0.15, 0.2) is 0 Å². The molecule has 0 aliphatic rings. The van der Waals surface area contributed by atoms with Crippen LogP contribution in [0.15, 0.2) is 36.5 Å². The first-order valence-electron chi connectivity index (χ1n) is 6.24. The number of rotatable bonds is 5. The number of anilines is 1. The highest BCUT2D eigenvalue weighted by molar-refractivity contribution is 5.90. The molecule has 1 aromatic carbocycles. The zero-order valence-electron chi connectivity index (χ0n) is 11.7. The van der Waals surface area contributed by atoms with Gasteiger partial charge in [-0.05, 0) is 23.8 Å². The highest BCUT2D eigenvalue weighted by Gasteiger charge is 2.09. The zero-order chi connectivity index (χ0) is 15.2. The number of hydrogen-bond donors (Lipinski definition) is 1. The van der Waals surface area contributed by atoms with Gasteiger partial charge in [-0.3, -0.25) is 0 Å². The second kappa shape index (κ2) is 6.69. The van der Waals surface area contributed by atoms with E-state index in [2.05, 4.69) is 15.0 Å². The van der Waals surface area contributed by atoms with E-state index in [1.165, 1.54) is 32.4 Å². The molecule has 110 valence electrons. The molecule has 6 heteroatoms. The number of hydrogen-bond acceptors (Lipinski definition) is 5. The van der Waals surface area contributed by atoms with Crippen molar-refractivity contribution >= 4 is 11.7 Å². The Bertz CT molecular complexity index is 629. The Balaban J connectivity index is 2.09. The molecule has 0 radical (unpaired) electrons. The van der Waals surface area contributed by atoms with Crippen molar-refractivity contribution in [1.29, 1.82) is 0 Å². The highest BCUT2D eigenvalue weighted by atomic mass is 19.1. The van der Waals surface area contributed by atoms with Crippen LogP contribution in [-0.4, -0.2) is 25.2 Å². The van der Waals surface area contributed by atoms with E-state index >= 15 is 0 Å². The highest BCUT2D eigenvalue weighted by Crippen LogP contribution is 2.18. The Hall–Kier alpha value is -2.63. The summed E-state index contributed by atoms with van der Waals surface area (Å²) >= 11 is 0. The van der Waals surface area contributed by atoms with Crippen LogP contribution in [0.3, 0.4) is 0 Å². The molecule has 0 bridgehead atoms. The molecular weight excluding hydrogens is 275 g/mol. The third-order valence-electron chi connectivity index (χ3n) is 2.88. The Kier molecular flexibility index (Phi) is 4.71. The maximum absolute atomic E-state index is 13.7. The lowest BCUT2D eigenvalue weighted by Crippen LogP contribution is -2.06. The number of benzene rings is 1. The molecular formula is C15H15FN2O3. The third kappa shape index (κ3) is 3.68. The Morgan fingerprint density at radius 3 is 2.71 bits per heavy atom. The number of nitrogens with one attached hydrogen (secondary N) is 1. The number of nitrogens with zero attached hydrogens (tertiary/aromatic N) is 1. The van der Waals surface area contributed by atoms with Crippen molar-refractivity contribution in [2.24, 2.45) is 0 Å². The first-order chi connectivity index (χ1) is 10.1. The first-order valence-corrected chi connectivity index (χ1v) is 6.24. The summed E-state index contributed by atoms with van der Waals surface area (Å²) in [6.45, 7) is 0.374. The average molecular weight is 290 g/mol. The molecule has 0 aliphatic heterocycles. The van der Waals surface area contributed by atoms with Crippen molar-refractivity contribution in [3.63, 3.8) is 0 Å². The maximum atomic E-state index is 13.7. The Morgan fingerprint density at radius 2 is 2.10 bits per heavy atom. The molecule has 0 spiro atoms. The van der Waals surface area contributed by atoms with Crippen molar-refractivity contribution < 1.29 is 18.7 Å². The molecule has 0 fully saturated rings. The van der Waals surface area contributed by atoms with Crippen LogP contribution >= 0.6 is 0 Å². The van der Waals surface area contributed by atoms with E-state index in [1.54, 1.807) is 12.3 Å². The fourth-order valence-electron chi connectivity index (χ4n) is 1.74. The summed E-state index contributed by atoms with van der Waals surface area (Å²) in [5.41, 5.74) is 1.38. The van der Waals surface area contributed by atoms with Crippen LogP contribution in [0.2, 0.25) is 0 Å². The predicted molar refractivity (Wildman–Crippen MR) is 75.9 cm³/mol. The van der Waals surface area contributed by atoms with E-state index in [4.69, 9.17) is 4.74 Å². The van der Waals surface area contributed by atoms with Crippen LogP contribution in [0.1, 0.15) is 15.9 Å². The van der Waals surface area contributed by atoms with Gasteiger partial charge in [0, 0.05) is 18.8 Å². The molecule has 1 aromatic heterocycles. The van der Waals surface area contributed by atoms with Crippen LogP contribution in [0.4, 0.5) is 10.1 Å². The quantitative estimate of drug-likeness (QED) is 0.858. The molecule has 0 aliphatic carbocycles. The molecule has 21 heavy (non-hydrogen) atoms. The lowest BCUT2D eigenvalue weighted by Gasteiger charge is -2.09. The van der Waals surface area contributed by atoms with Crippen LogP contribution in [0.5, 0.6) is 5.88 Å². The molecule has 0 unspecified atom stereocenters.